The van der Waals surface area contributed by atoms with Gasteiger partial charge in [-0.15, -0.1) is 0 Å². The summed E-state index contributed by atoms with van der Waals surface area (Å²) in [6.07, 6.45) is 2.96. The lowest BCUT2D eigenvalue weighted by Crippen LogP contribution is -2.33. The van der Waals surface area contributed by atoms with Gasteiger partial charge >= 0.3 is 5.97 Å². The molecule has 0 aliphatic heterocycles. The van der Waals surface area contributed by atoms with Crippen LogP contribution in [-0.4, -0.2) is 31.3 Å². The van der Waals surface area contributed by atoms with E-state index < -0.39 is 21.6 Å². The van der Waals surface area contributed by atoms with E-state index in [1.807, 2.05) is 0 Å². The number of ether oxygens (including phenoxy) is 2. The molecule has 0 saturated carbocycles. The number of rotatable bonds is 6. The van der Waals surface area contributed by atoms with Crippen molar-refractivity contribution in [3.63, 3.8) is 0 Å². The molecule has 0 saturated heterocycles. The van der Waals surface area contributed by atoms with Crippen LogP contribution < -0.4 is 30.7 Å². The van der Waals surface area contributed by atoms with Gasteiger partial charge in [-0.2, -0.15) is 0 Å². The Labute approximate surface area is 193 Å². The zero-order valence-electron chi connectivity index (χ0n) is 17.8. The Balaban J connectivity index is 1.68. The molecular formula is C23H19N3O7S. The van der Waals surface area contributed by atoms with Gasteiger partial charge in [0.1, 0.15) is 0 Å². The van der Waals surface area contributed by atoms with Crippen molar-refractivity contribution in [3.05, 3.63) is 93.1 Å². The molecule has 2 aromatic carbocycles. The lowest BCUT2D eigenvalue weighted by molar-refractivity contribution is 0.0696. The molecule has 0 amide bonds. The molecule has 4 rings (SSSR count). The smallest absolute Gasteiger partial charge is 0.379 e. The highest BCUT2D eigenvalue weighted by Crippen LogP contribution is 2.29. The highest BCUT2D eigenvalue weighted by molar-refractivity contribution is 7.89. The summed E-state index contributed by atoms with van der Waals surface area (Å²) in [6.45, 7) is 3.87. The number of nitrogens with zero attached hydrogens (tertiary/aromatic N) is 1. The van der Waals surface area contributed by atoms with Gasteiger partial charge in [-0.3, -0.25) is 9.89 Å². The number of furan rings is 1. The zero-order valence-corrected chi connectivity index (χ0v) is 18.7. The molecule has 0 aliphatic carbocycles. The van der Waals surface area contributed by atoms with E-state index in [0.717, 1.165) is 0 Å². The lowest BCUT2D eigenvalue weighted by Gasteiger charge is -2.09. The van der Waals surface area contributed by atoms with Gasteiger partial charge < -0.3 is 13.9 Å². The number of nitrogens with one attached hydrogen (secondary N) is 1. The zero-order chi connectivity index (χ0) is 24.5. The van der Waals surface area contributed by atoms with Gasteiger partial charge in [-0.25, -0.2) is 23.0 Å². The molecule has 2 heterocycles. The molecule has 0 bridgehead atoms. The number of primary sulfonamides is 1. The van der Waals surface area contributed by atoms with Crippen LogP contribution in [0.5, 0.6) is 11.5 Å². The van der Waals surface area contributed by atoms with E-state index in [0.29, 0.717) is 16.6 Å². The standard InChI is InChI=1S/C23H19N3O7S/c1-14-18(22(27)26(25-14)16-6-8-17(9-7-16)34(24,29)30)12-15-5-10-19(21(13-15)31-2)33-23(28)20-4-3-11-32-20/h3-13,25H,1H2,2H3,(H2,24,29,30)/b18-12+. The van der Waals surface area contributed by atoms with Crippen molar-refractivity contribution < 1.29 is 27.1 Å². The normalized spacial score (nSPS) is 12.0. The number of aromatic nitrogens is 2. The maximum absolute atomic E-state index is 13.0. The second-order valence-electron chi connectivity index (χ2n) is 7.10. The van der Waals surface area contributed by atoms with Gasteiger partial charge in [-0.05, 0) is 60.2 Å². The molecule has 0 fully saturated rings. The number of nitrogens with two attached hydrogens (primary N) is 1. The number of esters is 1. The van der Waals surface area contributed by atoms with Crippen molar-refractivity contribution in [2.45, 2.75) is 4.90 Å². The first-order valence-electron chi connectivity index (χ1n) is 9.76. The second kappa shape index (κ2) is 8.89. The number of sulfonamides is 1. The molecule has 2 aromatic heterocycles. The van der Waals surface area contributed by atoms with Crippen LogP contribution in [0, 0.1) is 0 Å². The van der Waals surface area contributed by atoms with Gasteiger partial charge in [0, 0.05) is 0 Å². The second-order valence-corrected chi connectivity index (χ2v) is 8.67. The van der Waals surface area contributed by atoms with Crippen LogP contribution in [-0.2, 0) is 10.0 Å². The van der Waals surface area contributed by atoms with Crippen molar-refractivity contribution in [1.82, 2.24) is 9.78 Å². The minimum absolute atomic E-state index is 0.0457. The van der Waals surface area contributed by atoms with Crippen LogP contribution in [0.1, 0.15) is 16.1 Å². The Bertz CT molecular complexity index is 1630. The average Bonchev–Trinajstić information content (AvgIpc) is 3.44. The van der Waals surface area contributed by atoms with E-state index >= 15 is 0 Å². The minimum atomic E-state index is -3.85. The van der Waals surface area contributed by atoms with Crippen molar-refractivity contribution in [2.75, 3.05) is 7.11 Å². The third-order valence-electron chi connectivity index (χ3n) is 4.85. The number of aromatic amines is 1. The summed E-state index contributed by atoms with van der Waals surface area (Å²) in [5, 5.41) is 8.59. The quantitative estimate of drug-likeness (QED) is 0.307. The fourth-order valence-electron chi connectivity index (χ4n) is 3.18. The summed E-state index contributed by atoms with van der Waals surface area (Å²) in [5.41, 5.74) is 0.590. The minimum Gasteiger partial charge on any atom is -0.493 e. The average molecular weight is 481 g/mol. The maximum Gasteiger partial charge on any atom is 0.379 e. The first-order valence-corrected chi connectivity index (χ1v) is 11.3. The van der Waals surface area contributed by atoms with Gasteiger partial charge in [0.15, 0.2) is 11.5 Å². The number of hydrogen-bond acceptors (Lipinski definition) is 7. The Hall–Kier alpha value is -4.35. The monoisotopic (exact) mass is 481 g/mol. The molecule has 10 nitrogen and oxygen atoms in total. The molecule has 174 valence electrons. The van der Waals surface area contributed by atoms with E-state index in [-0.39, 0.29) is 27.4 Å². The largest absolute Gasteiger partial charge is 0.493 e. The first-order chi connectivity index (χ1) is 16.2. The number of hydrogen-bond donors (Lipinski definition) is 2. The van der Waals surface area contributed by atoms with E-state index in [9.17, 15) is 18.0 Å². The van der Waals surface area contributed by atoms with Crippen molar-refractivity contribution in [1.29, 1.82) is 0 Å². The van der Waals surface area contributed by atoms with Crippen LogP contribution in [0.4, 0.5) is 0 Å². The SMILES string of the molecule is C=c1[nH]n(-c2ccc(S(N)(=O)=O)cc2)c(=O)/c1=C/c1ccc(OC(=O)c2ccco2)c(OC)c1. The third-order valence-corrected chi connectivity index (χ3v) is 5.78. The molecule has 0 unspecified atom stereocenters. The topological polar surface area (TPSA) is 147 Å². The molecule has 3 N–H and O–H groups in total. The van der Waals surface area contributed by atoms with Crippen LogP contribution >= 0.6 is 0 Å². The van der Waals surface area contributed by atoms with E-state index in [2.05, 4.69) is 11.7 Å². The van der Waals surface area contributed by atoms with E-state index in [1.165, 1.54) is 54.5 Å². The molecule has 0 aliphatic rings. The summed E-state index contributed by atoms with van der Waals surface area (Å²) < 4.78 is 39.8. The van der Waals surface area contributed by atoms with Gasteiger partial charge in [0.05, 0.1) is 34.5 Å². The van der Waals surface area contributed by atoms with Crippen LogP contribution in [0.15, 0.2) is 75.0 Å². The molecule has 0 atom stereocenters. The highest BCUT2D eigenvalue weighted by atomic mass is 32.2. The Morgan fingerprint density at radius 3 is 2.50 bits per heavy atom. The molecule has 0 spiro atoms. The molecule has 11 heteroatoms. The number of methoxy groups -OCH3 is 1. The molecule has 34 heavy (non-hydrogen) atoms. The summed E-state index contributed by atoms with van der Waals surface area (Å²) >= 11 is 0. The van der Waals surface area contributed by atoms with E-state index in [4.69, 9.17) is 19.0 Å². The predicted molar refractivity (Wildman–Crippen MR) is 123 cm³/mol. The number of carbonyl (C=O) groups is 1. The van der Waals surface area contributed by atoms with Crippen LogP contribution in [0.25, 0.3) is 18.3 Å². The number of benzene rings is 2. The van der Waals surface area contributed by atoms with Crippen LogP contribution in [0.3, 0.4) is 0 Å². The molecular weight excluding hydrogens is 462 g/mol. The summed E-state index contributed by atoms with van der Waals surface area (Å²) in [4.78, 5) is 25.1. The fraction of sp³-hybridized carbons (Fsp3) is 0.0435. The van der Waals surface area contributed by atoms with Gasteiger partial charge in [-0.1, -0.05) is 12.6 Å². The summed E-state index contributed by atoms with van der Waals surface area (Å²) in [6, 6.07) is 13.3. The van der Waals surface area contributed by atoms with E-state index in [1.54, 1.807) is 24.3 Å². The summed E-state index contributed by atoms with van der Waals surface area (Å²) in [7, 11) is -2.43. The highest BCUT2D eigenvalue weighted by Gasteiger charge is 2.15. The van der Waals surface area contributed by atoms with Crippen molar-refractivity contribution in [3.8, 4) is 17.2 Å². The molecule has 0 radical (unpaired) electrons. The van der Waals surface area contributed by atoms with Gasteiger partial charge in [0.2, 0.25) is 15.8 Å². The van der Waals surface area contributed by atoms with Crippen LogP contribution in [0.2, 0.25) is 0 Å². The maximum atomic E-state index is 13.0. The first kappa shape index (κ1) is 22.8. The Morgan fingerprint density at radius 1 is 1.15 bits per heavy atom. The predicted octanol–water partition coefficient (Wildman–Crippen LogP) is 0.873. The van der Waals surface area contributed by atoms with Gasteiger partial charge in [0.25, 0.3) is 5.56 Å². The fourth-order valence-corrected chi connectivity index (χ4v) is 3.70. The lowest BCUT2D eigenvalue weighted by atomic mass is 10.1. The van der Waals surface area contributed by atoms with Crippen molar-refractivity contribution in [2.24, 2.45) is 5.14 Å². The third kappa shape index (κ3) is 4.56. The Morgan fingerprint density at radius 2 is 1.88 bits per heavy atom. The number of H-pyrrole nitrogens is 1. The Kier molecular flexibility index (Phi) is 5.97. The van der Waals surface area contributed by atoms with Crippen molar-refractivity contribution >= 4 is 28.6 Å². The summed E-state index contributed by atoms with van der Waals surface area (Å²) in [5.74, 6) is -0.183. The number of carbonyl (C=O) groups excluding carboxylic acids is 1. The molecule has 4 aromatic rings.